The molecule has 0 aliphatic rings. The molecule has 0 bridgehead atoms. The quantitative estimate of drug-likeness (QED) is 0.881. The summed E-state index contributed by atoms with van der Waals surface area (Å²) in [6, 6.07) is 2.06. The molecule has 1 aromatic heterocycles. The van der Waals surface area contributed by atoms with Gasteiger partial charge in [-0.1, -0.05) is 0 Å². The number of hydrogen-bond donors (Lipinski definition) is 2. The molecule has 0 aliphatic heterocycles. The third-order valence-electron chi connectivity index (χ3n) is 2.07. The molecule has 0 aliphatic carbocycles. The topological polar surface area (TPSA) is 55.1 Å². The lowest BCUT2D eigenvalue weighted by atomic mass is 10.1. The fourth-order valence-corrected chi connectivity index (χ4v) is 1.80. The minimum absolute atomic E-state index is 0.0267. The van der Waals surface area contributed by atoms with Crippen molar-refractivity contribution in [2.45, 2.75) is 25.6 Å². The second kappa shape index (κ2) is 4.66. The Bertz CT molecular complexity index is 412. The molecule has 1 amide bonds. The van der Waals surface area contributed by atoms with E-state index in [1.54, 1.807) is 13.8 Å². The van der Waals surface area contributed by atoms with Crippen molar-refractivity contribution < 1.29 is 18.0 Å². The summed E-state index contributed by atoms with van der Waals surface area (Å²) in [4.78, 5) is 10.9. The predicted molar refractivity (Wildman–Crippen MR) is 59.9 cm³/mol. The van der Waals surface area contributed by atoms with Crippen LogP contribution in [0.15, 0.2) is 12.1 Å². The van der Waals surface area contributed by atoms with Crippen LogP contribution in [0.5, 0.6) is 0 Å². The molecule has 3 nitrogen and oxygen atoms in total. The number of nitrogens with two attached hydrogens (primary N) is 1. The minimum atomic E-state index is -4.41. The number of thiophene rings is 1. The molecule has 0 saturated carbocycles. The Balaban J connectivity index is 2.81. The highest BCUT2D eigenvalue weighted by molar-refractivity contribution is 7.14. The molecule has 0 fully saturated rings. The van der Waals surface area contributed by atoms with Crippen molar-refractivity contribution >= 4 is 17.2 Å². The fraction of sp³-hybridized carbons (Fsp3) is 0.500. The Hall–Kier alpha value is -1.08. The van der Waals surface area contributed by atoms with Gasteiger partial charge in [0, 0.05) is 12.1 Å². The van der Waals surface area contributed by atoms with E-state index >= 15 is 0 Å². The summed E-state index contributed by atoms with van der Waals surface area (Å²) in [5, 5.41) is 2.57. The van der Waals surface area contributed by atoms with E-state index in [2.05, 4.69) is 5.32 Å². The van der Waals surface area contributed by atoms with Gasteiger partial charge >= 0.3 is 6.18 Å². The smallest absolute Gasteiger partial charge is 0.345 e. The van der Waals surface area contributed by atoms with Crippen molar-refractivity contribution in [2.24, 2.45) is 5.73 Å². The summed E-state index contributed by atoms with van der Waals surface area (Å²) in [5.41, 5.74) is 4.78. The van der Waals surface area contributed by atoms with Gasteiger partial charge in [-0.25, -0.2) is 0 Å². The van der Waals surface area contributed by atoms with Gasteiger partial charge in [-0.05, 0) is 26.0 Å². The molecule has 1 rings (SSSR count). The van der Waals surface area contributed by atoms with Gasteiger partial charge in [0.25, 0.3) is 5.91 Å². The third-order valence-corrected chi connectivity index (χ3v) is 3.20. The monoisotopic (exact) mass is 266 g/mol. The number of rotatable bonds is 3. The Morgan fingerprint density at radius 3 is 2.41 bits per heavy atom. The molecule has 0 aromatic carbocycles. The van der Waals surface area contributed by atoms with E-state index < -0.39 is 22.5 Å². The molecule has 3 N–H and O–H groups in total. The zero-order chi connectivity index (χ0) is 13.3. The van der Waals surface area contributed by atoms with Crippen LogP contribution in [0, 0.1) is 0 Å². The maximum absolute atomic E-state index is 12.3. The van der Waals surface area contributed by atoms with E-state index in [1.165, 1.54) is 0 Å². The van der Waals surface area contributed by atoms with Gasteiger partial charge in [-0.2, -0.15) is 13.2 Å². The van der Waals surface area contributed by atoms with E-state index in [0.29, 0.717) is 11.3 Å². The van der Waals surface area contributed by atoms with Gasteiger partial charge in [0.1, 0.15) is 4.88 Å². The van der Waals surface area contributed by atoms with Crippen molar-refractivity contribution in [1.29, 1.82) is 0 Å². The second-order valence-electron chi connectivity index (χ2n) is 4.20. The first-order valence-corrected chi connectivity index (χ1v) is 5.67. The van der Waals surface area contributed by atoms with E-state index in [9.17, 15) is 18.0 Å². The molecule has 7 heteroatoms. The molecule has 0 unspecified atom stereocenters. The SMILES string of the molecule is CC(C)(CN)NC(=O)c1ccc(C(F)(F)F)s1. The molecular weight excluding hydrogens is 253 g/mol. The molecule has 1 aromatic rings. The number of nitrogens with one attached hydrogen (secondary N) is 1. The highest BCUT2D eigenvalue weighted by atomic mass is 32.1. The Labute approximate surface area is 101 Å². The molecule has 0 atom stereocenters. The normalized spacial score (nSPS) is 12.6. The number of alkyl halides is 3. The zero-order valence-electron chi connectivity index (χ0n) is 9.39. The summed E-state index contributed by atoms with van der Waals surface area (Å²) in [6.07, 6.45) is -4.41. The maximum Gasteiger partial charge on any atom is 0.425 e. The van der Waals surface area contributed by atoms with Crippen molar-refractivity contribution in [3.05, 3.63) is 21.9 Å². The lowest BCUT2D eigenvalue weighted by molar-refractivity contribution is -0.134. The van der Waals surface area contributed by atoms with E-state index in [-0.39, 0.29) is 11.4 Å². The molecule has 0 radical (unpaired) electrons. The molecule has 0 spiro atoms. The number of carbonyl (C=O) groups excluding carboxylic acids is 1. The minimum Gasteiger partial charge on any atom is -0.345 e. The van der Waals surface area contributed by atoms with Crippen LogP contribution in [0.1, 0.15) is 28.4 Å². The van der Waals surface area contributed by atoms with Gasteiger partial charge < -0.3 is 11.1 Å². The van der Waals surface area contributed by atoms with Gasteiger partial charge in [0.2, 0.25) is 0 Å². The van der Waals surface area contributed by atoms with Crippen LogP contribution in [0.2, 0.25) is 0 Å². The van der Waals surface area contributed by atoms with E-state index in [0.717, 1.165) is 12.1 Å². The summed E-state index contributed by atoms with van der Waals surface area (Å²) in [6.45, 7) is 3.60. The zero-order valence-corrected chi connectivity index (χ0v) is 10.2. The molecule has 17 heavy (non-hydrogen) atoms. The largest absolute Gasteiger partial charge is 0.425 e. The van der Waals surface area contributed by atoms with Crippen LogP contribution in [0.3, 0.4) is 0 Å². The Kier molecular flexibility index (Phi) is 3.83. The van der Waals surface area contributed by atoms with Crippen LogP contribution < -0.4 is 11.1 Å². The summed E-state index contributed by atoms with van der Waals surface area (Å²) < 4.78 is 37.0. The van der Waals surface area contributed by atoms with Gasteiger partial charge in [0.15, 0.2) is 0 Å². The van der Waals surface area contributed by atoms with Crippen molar-refractivity contribution in [2.75, 3.05) is 6.54 Å². The highest BCUT2D eigenvalue weighted by Crippen LogP contribution is 2.34. The standard InChI is InChI=1S/C10H13F3N2OS/c1-9(2,5-14)15-8(16)6-3-4-7(17-6)10(11,12)13/h3-4H,5,14H2,1-2H3,(H,15,16). The summed E-state index contributed by atoms with van der Waals surface area (Å²) in [7, 11) is 0. The first kappa shape index (κ1) is 14.0. The summed E-state index contributed by atoms with van der Waals surface area (Å²) in [5.74, 6) is -0.541. The van der Waals surface area contributed by atoms with E-state index in [4.69, 9.17) is 5.73 Å². The van der Waals surface area contributed by atoms with Crippen LogP contribution in [0.4, 0.5) is 13.2 Å². The van der Waals surface area contributed by atoms with Crippen LogP contribution >= 0.6 is 11.3 Å². The van der Waals surface area contributed by atoms with Crippen molar-refractivity contribution in [3.8, 4) is 0 Å². The molecule has 0 saturated heterocycles. The Morgan fingerprint density at radius 2 is 2.00 bits per heavy atom. The second-order valence-corrected chi connectivity index (χ2v) is 5.29. The van der Waals surface area contributed by atoms with Gasteiger partial charge in [-0.15, -0.1) is 11.3 Å². The molecular formula is C10H13F3N2OS. The number of hydrogen-bond acceptors (Lipinski definition) is 3. The lowest BCUT2D eigenvalue weighted by Gasteiger charge is -2.23. The number of amides is 1. The van der Waals surface area contributed by atoms with Gasteiger partial charge in [-0.3, -0.25) is 4.79 Å². The van der Waals surface area contributed by atoms with Crippen molar-refractivity contribution in [3.63, 3.8) is 0 Å². The number of halogens is 3. The first-order chi connectivity index (χ1) is 7.65. The van der Waals surface area contributed by atoms with Crippen LogP contribution in [0.25, 0.3) is 0 Å². The lowest BCUT2D eigenvalue weighted by Crippen LogP contribution is -2.48. The third kappa shape index (κ3) is 3.71. The maximum atomic E-state index is 12.3. The summed E-state index contributed by atoms with van der Waals surface area (Å²) >= 11 is 0.421. The molecule has 96 valence electrons. The van der Waals surface area contributed by atoms with Crippen molar-refractivity contribution in [1.82, 2.24) is 5.32 Å². The first-order valence-electron chi connectivity index (χ1n) is 4.85. The highest BCUT2D eigenvalue weighted by Gasteiger charge is 2.33. The fourth-order valence-electron chi connectivity index (χ4n) is 1.03. The average Bonchev–Trinajstić information content (AvgIpc) is 2.65. The predicted octanol–water partition coefficient (Wildman–Crippen LogP) is 2.23. The average molecular weight is 266 g/mol. The van der Waals surface area contributed by atoms with E-state index in [1.807, 2.05) is 0 Å². The molecule has 1 heterocycles. The van der Waals surface area contributed by atoms with Crippen LogP contribution in [-0.2, 0) is 6.18 Å². The number of carbonyl (C=O) groups is 1. The van der Waals surface area contributed by atoms with Crippen LogP contribution in [-0.4, -0.2) is 18.0 Å². The van der Waals surface area contributed by atoms with Gasteiger partial charge in [0.05, 0.1) is 4.88 Å². The Morgan fingerprint density at radius 1 is 1.41 bits per heavy atom.